The summed E-state index contributed by atoms with van der Waals surface area (Å²) in [7, 11) is 1.22. The molecule has 0 aliphatic carbocycles. The zero-order valence-corrected chi connectivity index (χ0v) is 15.4. The second-order valence-corrected chi connectivity index (χ2v) is 6.91. The topological polar surface area (TPSA) is 102 Å². The number of piperazine rings is 1. The van der Waals surface area contributed by atoms with E-state index in [2.05, 4.69) is 4.74 Å². The van der Waals surface area contributed by atoms with Crippen molar-refractivity contribution in [3.8, 4) is 0 Å². The summed E-state index contributed by atoms with van der Waals surface area (Å²) in [6, 6.07) is 4.24. The number of hydrogen-bond acceptors (Lipinski definition) is 7. The molecule has 9 heteroatoms. The number of carbonyl (C=O) groups excluding carboxylic acids is 2. The van der Waals surface area contributed by atoms with E-state index >= 15 is 0 Å². The number of nitro groups is 1. The van der Waals surface area contributed by atoms with E-state index in [0.29, 0.717) is 31.9 Å². The van der Waals surface area contributed by atoms with Gasteiger partial charge in [-0.25, -0.2) is 9.59 Å². The molecule has 1 fully saturated rings. The minimum atomic E-state index is -0.630. The van der Waals surface area contributed by atoms with Gasteiger partial charge in [-0.3, -0.25) is 10.1 Å². The van der Waals surface area contributed by atoms with Crippen molar-refractivity contribution in [2.24, 2.45) is 0 Å². The highest BCUT2D eigenvalue weighted by molar-refractivity contribution is 5.91. The van der Waals surface area contributed by atoms with Gasteiger partial charge in [-0.05, 0) is 32.9 Å². The second-order valence-electron chi connectivity index (χ2n) is 6.91. The molecule has 142 valence electrons. The first-order valence-electron chi connectivity index (χ1n) is 8.22. The van der Waals surface area contributed by atoms with Crippen LogP contribution in [0.3, 0.4) is 0 Å². The predicted molar refractivity (Wildman–Crippen MR) is 94.5 cm³/mol. The Morgan fingerprint density at radius 3 is 2.27 bits per heavy atom. The number of nitro benzene ring substituents is 1. The van der Waals surface area contributed by atoms with E-state index in [9.17, 15) is 19.7 Å². The summed E-state index contributed by atoms with van der Waals surface area (Å²) in [5.74, 6) is -0.630. The van der Waals surface area contributed by atoms with Crippen molar-refractivity contribution in [1.29, 1.82) is 0 Å². The average molecular weight is 365 g/mol. The number of nitrogens with zero attached hydrogens (tertiary/aromatic N) is 3. The zero-order valence-electron chi connectivity index (χ0n) is 15.4. The minimum absolute atomic E-state index is 0.121. The lowest BCUT2D eigenvalue weighted by molar-refractivity contribution is -0.384. The van der Waals surface area contributed by atoms with E-state index in [1.165, 1.54) is 25.3 Å². The van der Waals surface area contributed by atoms with Gasteiger partial charge in [0.25, 0.3) is 5.69 Å². The Balaban J connectivity index is 2.12. The van der Waals surface area contributed by atoms with Crippen LogP contribution >= 0.6 is 0 Å². The fourth-order valence-electron chi connectivity index (χ4n) is 2.64. The van der Waals surface area contributed by atoms with E-state index in [1.54, 1.807) is 25.7 Å². The molecule has 9 nitrogen and oxygen atoms in total. The maximum atomic E-state index is 12.1. The van der Waals surface area contributed by atoms with Crippen LogP contribution in [0.15, 0.2) is 18.2 Å². The molecule has 0 aromatic heterocycles. The number of hydrogen-bond donors (Lipinski definition) is 0. The molecule has 1 aliphatic heterocycles. The monoisotopic (exact) mass is 365 g/mol. The van der Waals surface area contributed by atoms with Crippen LogP contribution in [-0.2, 0) is 9.47 Å². The summed E-state index contributed by atoms with van der Waals surface area (Å²) >= 11 is 0. The summed E-state index contributed by atoms with van der Waals surface area (Å²) in [6.45, 7) is 7.04. The Labute approximate surface area is 151 Å². The molecule has 0 spiro atoms. The van der Waals surface area contributed by atoms with E-state index in [-0.39, 0.29) is 11.3 Å². The minimum Gasteiger partial charge on any atom is -0.465 e. The summed E-state index contributed by atoms with van der Waals surface area (Å²) < 4.78 is 9.95. The van der Waals surface area contributed by atoms with Gasteiger partial charge in [-0.15, -0.1) is 0 Å². The molecule has 1 heterocycles. The van der Waals surface area contributed by atoms with Crippen molar-refractivity contribution in [1.82, 2.24) is 4.90 Å². The molecule has 26 heavy (non-hydrogen) atoms. The third-order valence-corrected chi connectivity index (χ3v) is 3.87. The molecule has 1 aromatic carbocycles. The van der Waals surface area contributed by atoms with E-state index in [4.69, 9.17) is 4.74 Å². The molecule has 1 aromatic rings. The fraction of sp³-hybridized carbons (Fsp3) is 0.529. The van der Waals surface area contributed by atoms with Gasteiger partial charge >= 0.3 is 12.1 Å². The molecule has 0 radical (unpaired) electrons. The third-order valence-electron chi connectivity index (χ3n) is 3.87. The van der Waals surface area contributed by atoms with Gasteiger partial charge in [0.05, 0.1) is 17.6 Å². The molecule has 2 rings (SSSR count). The van der Waals surface area contributed by atoms with Gasteiger partial charge in [0, 0.05) is 32.2 Å². The van der Waals surface area contributed by atoms with Gasteiger partial charge in [-0.1, -0.05) is 0 Å². The molecule has 0 atom stereocenters. The number of anilines is 1. The number of esters is 1. The highest BCUT2D eigenvalue weighted by atomic mass is 16.6. The Kier molecular flexibility index (Phi) is 5.69. The SMILES string of the molecule is COC(=O)c1ccc(N2CCN(C(=O)OC(C)(C)C)CC2)c([N+](=O)[O-])c1. The smallest absolute Gasteiger partial charge is 0.410 e. The first-order valence-corrected chi connectivity index (χ1v) is 8.22. The third kappa shape index (κ3) is 4.62. The average Bonchev–Trinajstić information content (AvgIpc) is 2.59. The Bertz CT molecular complexity index is 705. The van der Waals surface area contributed by atoms with Gasteiger partial charge in [-0.2, -0.15) is 0 Å². The molecule has 0 N–H and O–H groups in total. The van der Waals surface area contributed by atoms with E-state index < -0.39 is 22.6 Å². The lowest BCUT2D eigenvalue weighted by atomic mass is 10.1. The van der Waals surface area contributed by atoms with Gasteiger partial charge in [0.15, 0.2) is 0 Å². The van der Waals surface area contributed by atoms with Crippen molar-refractivity contribution >= 4 is 23.4 Å². The number of benzene rings is 1. The fourth-order valence-corrected chi connectivity index (χ4v) is 2.64. The number of methoxy groups -OCH3 is 1. The molecular formula is C17H23N3O6. The Morgan fingerprint density at radius 2 is 1.77 bits per heavy atom. The van der Waals surface area contributed by atoms with Crippen LogP contribution in [0.2, 0.25) is 0 Å². The van der Waals surface area contributed by atoms with Crippen LogP contribution in [-0.4, -0.2) is 60.8 Å². The number of amides is 1. The molecule has 1 amide bonds. The maximum Gasteiger partial charge on any atom is 0.410 e. The molecule has 0 saturated carbocycles. The lowest BCUT2D eigenvalue weighted by Crippen LogP contribution is -2.50. The summed E-state index contributed by atoms with van der Waals surface area (Å²) in [5.41, 5.74) is -0.211. The Morgan fingerprint density at radius 1 is 1.15 bits per heavy atom. The van der Waals surface area contributed by atoms with Crippen molar-refractivity contribution in [3.05, 3.63) is 33.9 Å². The number of carbonyl (C=O) groups is 2. The van der Waals surface area contributed by atoms with Gasteiger partial charge < -0.3 is 19.3 Å². The highest BCUT2D eigenvalue weighted by Crippen LogP contribution is 2.30. The maximum absolute atomic E-state index is 12.1. The van der Waals surface area contributed by atoms with E-state index in [1.807, 2.05) is 4.90 Å². The van der Waals surface area contributed by atoms with E-state index in [0.717, 1.165) is 0 Å². The highest BCUT2D eigenvalue weighted by Gasteiger charge is 2.29. The summed E-state index contributed by atoms with van der Waals surface area (Å²) in [5, 5.41) is 11.4. The Hall–Kier alpha value is -2.84. The zero-order chi connectivity index (χ0) is 19.5. The second kappa shape index (κ2) is 7.59. The van der Waals surface area contributed by atoms with Crippen LogP contribution in [0.25, 0.3) is 0 Å². The van der Waals surface area contributed by atoms with Crippen LogP contribution < -0.4 is 4.90 Å². The lowest BCUT2D eigenvalue weighted by Gasteiger charge is -2.36. The summed E-state index contributed by atoms with van der Waals surface area (Å²) in [6.07, 6.45) is -0.396. The standard InChI is InChI=1S/C17H23N3O6/c1-17(2,3)26-16(22)19-9-7-18(8-10-19)13-6-5-12(15(21)25-4)11-14(13)20(23)24/h5-6,11H,7-10H2,1-4H3. The quantitative estimate of drug-likeness (QED) is 0.460. The molecular weight excluding hydrogens is 342 g/mol. The van der Waals surface area contributed by atoms with Crippen molar-refractivity contribution in [2.75, 3.05) is 38.2 Å². The largest absolute Gasteiger partial charge is 0.465 e. The number of ether oxygens (including phenoxy) is 2. The van der Waals surface area contributed by atoms with Crippen molar-refractivity contribution in [3.63, 3.8) is 0 Å². The van der Waals surface area contributed by atoms with Crippen LogP contribution in [0.1, 0.15) is 31.1 Å². The summed E-state index contributed by atoms with van der Waals surface area (Å²) in [4.78, 5) is 38.0. The van der Waals surface area contributed by atoms with Crippen molar-refractivity contribution in [2.45, 2.75) is 26.4 Å². The molecule has 1 aliphatic rings. The predicted octanol–water partition coefficient (Wildman–Crippen LogP) is 2.44. The molecule has 0 bridgehead atoms. The van der Waals surface area contributed by atoms with Crippen LogP contribution in [0, 0.1) is 10.1 Å². The number of rotatable bonds is 3. The van der Waals surface area contributed by atoms with Gasteiger partial charge in [0.1, 0.15) is 11.3 Å². The van der Waals surface area contributed by atoms with Crippen molar-refractivity contribution < 1.29 is 24.0 Å². The van der Waals surface area contributed by atoms with Gasteiger partial charge in [0.2, 0.25) is 0 Å². The molecule has 0 unspecified atom stereocenters. The normalized spacial score (nSPS) is 14.8. The van der Waals surface area contributed by atoms with Crippen LogP contribution in [0.4, 0.5) is 16.2 Å². The molecule has 1 saturated heterocycles. The first-order chi connectivity index (χ1) is 12.1. The van der Waals surface area contributed by atoms with Crippen LogP contribution in [0.5, 0.6) is 0 Å². The first kappa shape index (κ1) is 19.5.